The number of hydrogen-bond acceptors (Lipinski definition) is 2. The van der Waals surface area contributed by atoms with Crippen molar-refractivity contribution in [2.75, 3.05) is 7.05 Å². The van der Waals surface area contributed by atoms with Gasteiger partial charge in [0.05, 0.1) is 10.9 Å². The fourth-order valence-corrected chi connectivity index (χ4v) is 2.37. The van der Waals surface area contributed by atoms with Crippen molar-refractivity contribution in [3.8, 4) is 0 Å². The predicted molar refractivity (Wildman–Crippen MR) is 83.1 cm³/mol. The highest BCUT2D eigenvalue weighted by molar-refractivity contribution is 7.80. The number of amides is 1. The van der Waals surface area contributed by atoms with E-state index in [0.717, 1.165) is 12.0 Å². The average Bonchev–Trinajstić information content (AvgIpc) is 2.39. The summed E-state index contributed by atoms with van der Waals surface area (Å²) in [7, 11) is 1.82. The van der Waals surface area contributed by atoms with Crippen LogP contribution >= 0.6 is 12.2 Å². The van der Waals surface area contributed by atoms with Crippen LogP contribution in [0.3, 0.4) is 0 Å². The van der Waals surface area contributed by atoms with Gasteiger partial charge >= 0.3 is 0 Å². The Morgan fingerprint density at radius 3 is 2.42 bits per heavy atom. The molecule has 104 valence electrons. The molecule has 0 spiro atoms. The van der Waals surface area contributed by atoms with Gasteiger partial charge < -0.3 is 10.6 Å². The molecule has 0 bridgehead atoms. The first-order chi connectivity index (χ1) is 8.97. The zero-order valence-electron chi connectivity index (χ0n) is 11.8. The minimum atomic E-state index is -0.0972. The first-order valence-electron chi connectivity index (χ1n) is 6.57. The van der Waals surface area contributed by atoms with Crippen LogP contribution < -0.4 is 5.73 Å². The quantitative estimate of drug-likeness (QED) is 0.814. The Balaban J connectivity index is 2.82. The van der Waals surface area contributed by atoms with E-state index in [1.807, 2.05) is 51.2 Å². The number of likely N-dealkylation sites (N-methyl/N-ethyl adjacent to an activating group) is 1. The molecule has 19 heavy (non-hydrogen) atoms. The zero-order chi connectivity index (χ0) is 14.4. The highest BCUT2D eigenvalue weighted by Gasteiger charge is 2.25. The Morgan fingerprint density at radius 2 is 1.95 bits per heavy atom. The summed E-state index contributed by atoms with van der Waals surface area (Å²) in [4.78, 5) is 14.7. The third-order valence-electron chi connectivity index (χ3n) is 3.41. The smallest absolute Gasteiger partial charge is 0.230 e. The van der Waals surface area contributed by atoms with E-state index in [9.17, 15) is 4.79 Å². The molecule has 0 fully saturated rings. The van der Waals surface area contributed by atoms with E-state index in [0.29, 0.717) is 11.4 Å². The van der Waals surface area contributed by atoms with Crippen LogP contribution in [0.4, 0.5) is 0 Å². The van der Waals surface area contributed by atoms with Crippen LogP contribution in [-0.4, -0.2) is 28.9 Å². The van der Waals surface area contributed by atoms with Crippen LogP contribution in [0.1, 0.15) is 38.2 Å². The maximum absolute atomic E-state index is 12.5. The fraction of sp³-hybridized carbons (Fsp3) is 0.467. The minimum absolute atomic E-state index is 0.0303. The van der Waals surface area contributed by atoms with Crippen LogP contribution in [0.15, 0.2) is 30.3 Å². The molecule has 1 rings (SSSR count). The Labute approximate surface area is 120 Å². The summed E-state index contributed by atoms with van der Waals surface area (Å²) in [6.07, 6.45) is 1.34. The summed E-state index contributed by atoms with van der Waals surface area (Å²) in [5.74, 6) is 0.0254. The molecular weight excluding hydrogens is 256 g/mol. The van der Waals surface area contributed by atoms with Crippen LogP contribution in [0.25, 0.3) is 0 Å². The topological polar surface area (TPSA) is 46.3 Å². The van der Waals surface area contributed by atoms with Crippen molar-refractivity contribution < 1.29 is 4.79 Å². The van der Waals surface area contributed by atoms with E-state index in [-0.39, 0.29) is 17.9 Å². The number of rotatable bonds is 6. The van der Waals surface area contributed by atoms with Crippen LogP contribution in [-0.2, 0) is 4.79 Å². The number of hydrogen-bond donors (Lipinski definition) is 1. The summed E-state index contributed by atoms with van der Waals surface area (Å²) in [5, 5.41) is 0. The van der Waals surface area contributed by atoms with E-state index >= 15 is 0 Å². The Bertz CT molecular complexity index is 433. The van der Waals surface area contributed by atoms with Gasteiger partial charge in [-0.3, -0.25) is 4.79 Å². The summed E-state index contributed by atoms with van der Waals surface area (Å²) in [6, 6.07) is 9.91. The monoisotopic (exact) mass is 278 g/mol. The second-order valence-electron chi connectivity index (χ2n) is 4.84. The normalized spacial score (nSPS) is 13.6. The van der Waals surface area contributed by atoms with Crippen molar-refractivity contribution in [3.05, 3.63) is 35.9 Å². The van der Waals surface area contributed by atoms with E-state index in [4.69, 9.17) is 18.0 Å². The molecule has 1 amide bonds. The fourth-order valence-electron chi connectivity index (χ4n) is 2.13. The van der Waals surface area contributed by atoms with Gasteiger partial charge in [0.25, 0.3) is 0 Å². The van der Waals surface area contributed by atoms with E-state index < -0.39 is 0 Å². The molecule has 4 heteroatoms. The molecule has 0 saturated carbocycles. The highest BCUT2D eigenvalue weighted by Crippen LogP contribution is 2.22. The molecular formula is C15H22N2OS. The molecule has 2 atom stereocenters. The molecule has 0 aromatic heterocycles. The second kappa shape index (κ2) is 7.24. The summed E-state index contributed by atoms with van der Waals surface area (Å²) >= 11 is 4.90. The zero-order valence-corrected chi connectivity index (χ0v) is 12.6. The molecule has 0 aliphatic heterocycles. The number of carbonyl (C=O) groups excluding carboxylic acids is 1. The molecule has 0 aliphatic rings. The third-order valence-corrected chi connectivity index (χ3v) is 3.58. The standard InChI is InChI=1S/C15H22N2OS/c1-4-13(12-8-6-5-7-9-12)15(18)17(3)11(2)10-14(16)19/h5-9,11,13H,4,10H2,1-3H3,(H2,16,19). The van der Waals surface area contributed by atoms with Crippen LogP contribution in [0.2, 0.25) is 0 Å². The molecule has 2 unspecified atom stereocenters. The van der Waals surface area contributed by atoms with Crippen molar-refractivity contribution in [1.29, 1.82) is 0 Å². The van der Waals surface area contributed by atoms with Gasteiger partial charge in [0.2, 0.25) is 5.91 Å². The van der Waals surface area contributed by atoms with E-state index in [2.05, 4.69) is 0 Å². The van der Waals surface area contributed by atoms with Crippen molar-refractivity contribution in [3.63, 3.8) is 0 Å². The molecule has 0 heterocycles. The molecule has 1 aromatic carbocycles. The van der Waals surface area contributed by atoms with Gasteiger partial charge in [-0.25, -0.2) is 0 Å². The van der Waals surface area contributed by atoms with Gasteiger partial charge in [0.15, 0.2) is 0 Å². The van der Waals surface area contributed by atoms with Crippen molar-refractivity contribution in [2.24, 2.45) is 5.73 Å². The van der Waals surface area contributed by atoms with Gasteiger partial charge in [-0.15, -0.1) is 0 Å². The molecule has 0 radical (unpaired) electrons. The minimum Gasteiger partial charge on any atom is -0.393 e. The number of nitrogens with zero attached hydrogens (tertiary/aromatic N) is 1. The number of nitrogens with two attached hydrogens (primary N) is 1. The SMILES string of the molecule is CCC(C(=O)N(C)C(C)CC(N)=S)c1ccccc1. The van der Waals surface area contributed by atoms with Gasteiger partial charge in [0, 0.05) is 19.5 Å². The second-order valence-corrected chi connectivity index (χ2v) is 5.36. The largest absolute Gasteiger partial charge is 0.393 e. The lowest BCUT2D eigenvalue weighted by Crippen LogP contribution is -2.40. The summed E-state index contributed by atoms with van der Waals surface area (Å²) < 4.78 is 0. The average molecular weight is 278 g/mol. The first kappa shape index (κ1) is 15.6. The van der Waals surface area contributed by atoms with Crippen LogP contribution in [0, 0.1) is 0 Å². The number of thiocarbonyl (C=S) groups is 1. The molecule has 0 saturated heterocycles. The molecule has 1 aromatic rings. The Kier molecular flexibility index (Phi) is 5.96. The Morgan fingerprint density at radius 1 is 1.37 bits per heavy atom. The maximum atomic E-state index is 12.5. The predicted octanol–water partition coefficient (Wildman–Crippen LogP) is 2.70. The molecule has 0 aliphatic carbocycles. The van der Waals surface area contributed by atoms with Crippen molar-refractivity contribution in [2.45, 2.75) is 38.6 Å². The lowest BCUT2D eigenvalue weighted by atomic mass is 9.94. The number of carbonyl (C=O) groups is 1. The van der Waals surface area contributed by atoms with Crippen molar-refractivity contribution >= 4 is 23.1 Å². The van der Waals surface area contributed by atoms with Gasteiger partial charge in [-0.2, -0.15) is 0 Å². The van der Waals surface area contributed by atoms with Crippen molar-refractivity contribution in [1.82, 2.24) is 4.90 Å². The summed E-state index contributed by atoms with van der Waals surface area (Å²) in [6.45, 7) is 4.00. The summed E-state index contributed by atoms with van der Waals surface area (Å²) in [5.41, 5.74) is 6.60. The number of benzene rings is 1. The molecule has 2 N–H and O–H groups in total. The van der Waals surface area contributed by atoms with E-state index in [1.165, 1.54) is 0 Å². The Hall–Kier alpha value is -1.42. The van der Waals surface area contributed by atoms with E-state index in [1.54, 1.807) is 4.90 Å². The van der Waals surface area contributed by atoms with Gasteiger partial charge in [-0.05, 0) is 18.9 Å². The third kappa shape index (κ3) is 4.31. The van der Waals surface area contributed by atoms with Gasteiger partial charge in [0.1, 0.15) is 0 Å². The van der Waals surface area contributed by atoms with Crippen LogP contribution in [0.5, 0.6) is 0 Å². The highest BCUT2D eigenvalue weighted by atomic mass is 32.1. The molecule has 3 nitrogen and oxygen atoms in total. The maximum Gasteiger partial charge on any atom is 0.230 e. The van der Waals surface area contributed by atoms with Gasteiger partial charge in [-0.1, -0.05) is 49.5 Å². The lowest BCUT2D eigenvalue weighted by molar-refractivity contribution is -0.133. The first-order valence-corrected chi connectivity index (χ1v) is 6.98. The lowest BCUT2D eigenvalue weighted by Gasteiger charge is -2.28.